The number of halogens is 2. The number of carbonyl (C=O) groups excluding carboxylic acids is 3. The van der Waals surface area contributed by atoms with Gasteiger partial charge in [0.25, 0.3) is 5.91 Å². The van der Waals surface area contributed by atoms with Crippen molar-refractivity contribution in [2.24, 2.45) is 7.05 Å². The number of anilines is 2. The van der Waals surface area contributed by atoms with Gasteiger partial charge in [-0.2, -0.15) is 0 Å². The van der Waals surface area contributed by atoms with E-state index in [1.807, 2.05) is 6.07 Å². The Balaban J connectivity index is 1.44. The average Bonchev–Trinajstić information content (AvgIpc) is 3.27. The zero-order valence-corrected chi connectivity index (χ0v) is 19.5. The maximum Gasteiger partial charge on any atom is 0.332 e. The molecule has 2 aliphatic rings. The van der Waals surface area contributed by atoms with Gasteiger partial charge in [-0.15, -0.1) is 0 Å². The summed E-state index contributed by atoms with van der Waals surface area (Å²) in [6.07, 6.45) is 2.76. The number of piperazine rings is 1. The van der Waals surface area contributed by atoms with Crippen LogP contribution in [0.1, 0.15) is 24.5 Å². The molecular formula is C26H21F2N5O3. The molecule has 36 heavy (non-hydrogen) atoms. The summed E-state index contributed by atoms with van der Waals surface area (Å²) in [6.45, 7) is 1.66. The van der Waals surface area contributed by atoms with Crippen molar-refractivity contribution >= 4 is 29.4 Å². The van der Waals surface area contributed by atoms with Crippen LogP contribution in [0.2, 0.25) is 0 Å². The smallest absolute Gasteiger partial charge is 0.332 e. The predicted octanol–water partition coefficient (Wildman–Crippen LogP) is 3.06. The van der Waals surface area contributed by atoms with E-state index >= 15 is 8.78 Å². The van der Waals surface area contributed by atoms with Crippen molar-refractivity contribution in [3.8, 4) is 11.8 Å². The molecule has 0 spiro atoms. The average molecular weight is 489 g/mol. The molecule has 8 nitrogen and oxygen atoms in total. The number of benzene rings is 2. The van der Waals surface area contributed by atoms with E-state index in [0.717, 1.165) is 12.1 Å². The lowest BCUT2D eigenvalue weighted by molar-refractivity contribution is -0.137. The van der Waals surface area contributed by atoms with E-state index in [9.17, 15) is 14.4 Å². The van der Waals surface area contributed by atoms with E-state index in [4.69, 9.17) is 0 Å². The SMILES string of the molecule is Cn1cnc(N2CCN3C(=O)N(c4c(F)cc(C#Cc5ccccc5)cc4F)C(=O)C[C@@]3(C)C2=O)c1. The Morgan fingerprint density at radius 1 is 0.972 bits per heavy atom. The number of nitrogens with zero attached hydrogens (tertiary/aromatic N) is 5. The van der Waals surface area contributed by atoms with Crippen molar-refractivity contribution in [3.63, 3.8) is 0 Å². The lowest BCUT2D eigenvalue weighted by atomic mass is 9.88. The Morgan fingerprint density at radius 3 is 2.28 bits per heavy atom. The minimum Gasteiger partial charge on any atom is -0.338 e. The van der Waals surface area contributed by atoms with Gasteiger partial charge in [-0.1, -0.05) is 30.0 Å². The summed E-state index contributed by atoms with van der Waals surface area (Å²) >= 11 is 0. The standard InChI is InChI=1S/C26H21F2N5O3/c1-26-14-22(34)33(25(36)32(26)11-10-31(24(26)35)21-15-30(2)16-29-21)23-19(27)12-18(13-20(23)28)9-8-17-6-4-3-5-7-17/h3-7,12-13,15-16H,10-11,14H2,1-2H3/t26-/m0/s1. The van der Waals surface area contributed by atoms with Crippen molar-refractivity contribution in [1.29, 1.82) is 0 Å². The highest BCUT2D eigenvalue weighted by Crippen LogP contribution is 2.37. The normalized spacial score (nSPS) is 19.8. The third kappa shape index (κ3) is 3.79. The first-order chi connectivity index (χ1) is 17.2. The van der Waals surface area contributed by atoms with Crippen LogP contribution in [0.25, 0.3) is 0 Å². The maximum atomic E-state index is 15.1. The highest BCUT2D eigenvalue weighted by molar-refractivity contribution is 6.20. The number of fused-ring (bicyclic) bond motifs is 1. The van der Waals surface area contributed by atoms with Gasteiger partial charge < -0.3 is 9.47 Å². The van der Waals surface area contributed by atoms with Crippen molar-refractivity contribution in [2.75, 3.05) is 22.9 Å². The van der Waals surface area contributed by atoms with E-state index in [2.05, 4.69) is 16.8 Å². The molecule has 3 heterocycles. The fourth-order valence-electron chi connectivity index (χ4n) is 4.53. The fraction of sp³-hybridized carbons (Fsp3) is 0.231. The Labute approximate surface area is 205 Å². The molecule has 2 saturated heterocycles. The number of imidazole rings is 1. The van der Waals surface area contributed by atoms with Crippen LogP contribution in [0.4, 0.5) is 25.1 Å². The first kappa shape index (κ1) is 23.2. The molecule has 0 saturated carbocycles. The number of aryl methyl sites for hydroxylation is 1. The van der Waals surface area contributed by atoms with Gasteiger partial charge in [0.1, 0.15) is 11.2 Å². The van der Waals surface area contributed by atoms with E-state index in [0.29, 0.717) is 16.3 Å². The van der Waals surface area contributed by atoms with Gasteiger partial charge in [-0.05, 0) is 31.2 Å². The monoisotopic (exact) mass is 489 g/mol. The maximum absolute atomic E-state index is 15.1. The molecule has 1 aromatic heterocycles. The summed E-state index contributed by atoms with van der Waals surface area (Å²) in [5.74, 6) is 2.33. The van der Waals surface area contributed by atoms with E-state index in [1.54, 1.807) is 42.1 Å². The summed E-state index contributed by atoms with van der Waals surface area (Å²) < 4.78 is 31.9. The van der Waals surface area contributed by atoms with Gasteiger partial charge >= 0.3 is 6.03 Å². The Kier molecular flexibility index (Phi) is 5.55. The number of amides is 4. The van der Waals surface area contributed by atoms with E-state index in [1.165, 1.54) is 23.1 Å². The van der Waals surface area contributed by atoms with Crippen LogP contribution in [-0.4, -0.2) is 50.9 Å². The molecule has 10 heteroatoms. The number of rotatable bonds is 2. The molecule has 4 amide bonds. The second-order valence-electron chi connectivity index (χ2n) is 8.87. The van der Waals surface area contributed by atoms with Crippen LogP contribution in [0.15, 0.2) is 55.0 Å². The first-order valence-corrected chi connectivity index (χ1v) is 11.2. The van der Waals surface area contributed by atoms with Crippen LogP contribution in [0.5, 0.6) is 0 Å². The van der Waals surface area contributed by atoms with Crippen molar-refractivity contribution in [2.45, 2.75) is 18.9 Å². The predicted molar refractivity (Wildman–Crippen MR) is 127 cm³/mol. The molecule has 182 valence electrons. The van der Waals surface area contributed by atoms with Crippen molar-refractivity contribution in [3.05, 3.63) is 77.8 Å². The number of imide groups is 1. The van der Waals surface area contributed by atoms with Crippen LogP contribution >= 0.6 is 0 Å². The quantitative estimate of drug-likeness (QED) is 0.519. The number of hydrogen-bond acceptors (Lipinski definition) is 4. The van der Waals surface area contributed by atoms with Gasteiger partial charge in [0.2, 0.25) is 5.91 Å². The summed E-state index contributed by atoms with van der Waals surface area (Å²) in [7, 11) is 1.76. The zero-order valence-electron chi connectivity index (χ0n) is 19.5. The Morgan fingerprint density at radius 2 is 1.64 bits per heavy atom. The van der Waals surface area contributed by atoms with Crippen LogP contribution in [-0.2, 0) is 16.6 Å². The molecule has 1 atom stereocenters. The molecule has 2 aromatic carbocycles. The largest absolute Gasteiger partial charge is 0.338 e. The molecule has 0 aliphatic carbocycles. The molecule has 0 unspecified atom stereocenters. The summed E-state index contributed by atoms with van der Waals surface area (Å²) in [5, 5.41) is 0. The van der Waals surface area contributed by atoms with Crippen LogP contribution in [0.3, 0.4) is 0 Å². The first-order valence-electron chi connectivity index (χ1n) is 11.2. The van der Waals surface area contributed by atoms with Gasteiger partial charge in [0.05, 0.1) is 12.7 Å². The van der Waals surface area contributed by atoms with Gasteiger partial charge in [0.15, 0.2) is 17.5 Å². The zero-order chi connectivity index (χ0) is 25.6. The van der Waals surface area contributed by atoms with Crippen LogP contribution < -0.4 is 9.80 Å². The number of hydrogen-bond donors (Lipinski definition) is 0. The van der Waals surface area contributed by atoms with Crippen LogP contribution in [0, 0.1) is 23.5 Å². The fourth-order valence-corrected chi connectivity index (χ4v) is 4.53. The minimum atomic E-state index is -1.51. The Bertz CT molecular complexity index is 1440. The van der Waals surface area contributed by atoms with E-state index < -0.39 is 47.1 Å². The minimum absolute atomic E-state index is 0.0542. The lowest BCUT2D eigenvalue weighted by Gasteiger charge is -2.51. The Hall–Kier alpha value is -4.52. The third-order valence-corrected chi connectivity index (χ3v) is 6.35. The molecule has 0 N–H and O–H groups in total. The molecular weight excluding hydrogens is 468 g/mol. The molecule has 0 bridgehead atoms. The topological polar surface area (TPSA) is 78.8 Å². The van der Waals surface area contributed by atoms with Gasteiger partial charge in [0, 0.05) is 37.5 Å². The highest BCUT2D eigenvalue weighted by atomic mass is 19.1. The number of aromatic nitrogens is 2. The molecule has 2 aliphatic heterocycles. The lowest BCUT2D eigenvalue weighted by Crippen LogP contribution is -2.73. The molecule has 5 rings (SSSR count). The highest BCUT2D eigenvalue weighted by Gasteiger charge is 2.56. The summed E-state index contributed by atoms with van der Waals surface area (Å²) in [6, 6.07) is 9.91. The van der Waals surface area contributed by atoms with Gasteiger partial charge in [-0.25, -0.2) is 23.5 Å². The summed E-state index contributed by atoms with van der Waals surface area (Å²) in [5.41, 5.74) is -1.57. The van der Waals surface area contributed by atoms with E-state index in [-0.39, 0.29) is 18.7 Å². The van der Waals surface area contributed by atoms with Crippen molar-refractivity contribution in [1.82, 2.24) is 14.5 Å². The van der Waals surface area contributed by atoms with Crippen molar-refractivity contribution < 1.29 is 23.2 Å². The molecule has 3 aromatic rings. The third-order valence-electron chi connectivity index (χ3n) is 6.35. The molecule has 2 fully saturated rings. The number of urea groups is 1. The summed E-state index contributed by atoms with van der Waals surface area (Å²) in [4.78, 5) is 47.0. The van der Waals surface area contributed by atoms with Gasteiger partial charge in [-0.3, -0.25) is 14.5 Å². The number of carbonyl (C=O) groups is 3. The second-order valence-corrected chi connectivity index (χ2v) is 8.87. The second kappa shape index (κ2) is 8.61. The molecule has 0 radical (unpaired) electrons.